The molecule has 352 valence electrons. The van der Waals surface area contributed by atoms with Gasteiger partial charge in [-0.1, -0.05) is 78.6 Å². The SMILES string of the molecule is O=C1CCC(N2Cc3c(CC4CCN(C5CCN(CC#Cc6ccc(/C=C/c7ccc(C(=O)N8CCc9cnc(-c%10cnc%11ccccc%11c%10)nc9C8)cc7)cc6)CC5)CC4)cccc3C2=O)C(=O)N1. The van der Waals surface area contributed by atoms with Crippen molar-refractivity contribution in [3.8, 4) is 23.2 Å². The number of imide groups is 1. The number of piperidine rings is 3. The first-order valence-corrected chi connectivity index (χ1v) is 24.9. The van der Waals surface area contributed by atoms with E-state index in [9.17, 15) is 19.2 Å². The van der Waals surface area contributed by atoms with Crippen LogP contribution in [0, 0.1) is 17.8 Å². The van der Waals surface area contributed by atoms with E-state index in [4.69, 9.17) is 4.98 Å². The predicted octanol–water partition coefficient (Wildman–Crippen LogP) is 7.59. The maximum Gasteiger partial charge on any atom is 0.255 e. The van der Waals surface area contributed by atoms with Crippen LogP contribution >= 0.6 is 0 Å². The van der Waals surface area contributed by atoms with Gasteiger partial charge in [-0.05, 0) is 134 Å². The number of carbonyl (C=O) groups is 4. The molecule has 2 aromatic heterocycles. The summed E-state index contributed by atoms with van der Waals surface area (Å²) in [5.74, 6) is 7.25. The van der Waals surface area contributed by atoms with Crippen LogP contribution in [0.15, 0.2) is 109 Å². The van der Waals surface area contributed by atoms with Gasteiger partial charge in [-0.25, -0.2) is 9.97 Å². The number of rotatable bonds is 9. The third-order valence-corrected chi connectivity index (χ3v) is 15.1. The van der Waals surface area contributed by atoms with Crippen molar-refractivity contribution in [3.63, 3.8) is 0 Å². The van der Waals surface area contributed by atoms with E-state index in [-0.39, 0.29) is 30.0 Å². The highest BCUT2D eigenvalue weighted by molar-refractivity contribution is 6.05. The Bertz CT molecular complexity index is 3070. The van der Waals surface area contributed by atoms with E-state index in [1.807, 2.05) is 78.0 Å². The lowest BCUT2D eigenvalue weighted by Crippen LogP contribution is -2.52. The van der Waals surface area contributed by atoms with Gasteiger partial charge in [0.2, 0.25) is 11.8 Å². The van der Waals surface area contributed by atoms with Crippen molar-refractivity contribution in [3.05, 3.63) is 160 Å². The summed E-state index contributed by atoms with van der Waals surface area (Å²) in [6.07, 6.45) is 14.8. The molecule has 6 aromatic rings. The molecule has 0 spiro atoms. The summed E-state index contributed by atoms with van der Waals surface area (Å²) < 4.78 is 0. The second-order valence-electron chi connectivity index (χ2n) is 19.5. The monoisotopic (exact) mass is 928 g/mol. The van der Waals surface area contributed by atoms with Gasteiger partial charge >= 0.3 is 0 Å². The van der Waals surface area contributed by atoms with E-state index in [1.165, 1.54) is 5.56 Å². The molecule has 1 unspecified atom stereocenters. The Kier molecular flexibility index (Phi) is 12.9. The molecule has 5 aliphatic rings. The van der Waals surface area contributed by atoms with E-state index in [0.717, 1.165) is 121 Å². The molecule has 7 heterocycles. The highest BCUT2D eigenvalue weighted by Crippen LogP contribution is 2.34. The molecular formula is C58H56N8O4. The largest absolute Gasteiger partial charge is 0.332 e. The smallest absolute Gasteiger partial charge is 0.255 e. The third-order valence-electron chi connectivity index (χ3n) is 15.1. The fourth-order valence-electron chi connectivity index (χ4n) is 11.0. The van der Waals surface area contributed by atoms with Gasteiger partial charge in [-0.2, -0.15) is 0 Å². The van der Waals surface area contributed by atoms with Gasteiger partial charge in [0, 0.05) is 78.7 Å². The number of benzene rings is 4. The van der Waals surface area contributed by atoms with Crippen LogP contribution in [0.2, 0.25) is 0 Å². The number of nitrogens with zero attached hydrogens (tertiary/aromatic N) is 7. The topological polar surface area (TPSA) is 132 Å². The van der Waals surface area contributed by atoms with E-state index in [0.29, 0.717) is 55.0 Å². The average Bonchev–Trinajstić information content (AvgIpc) is 3.74. The fraction of sp³-hybridized carbons (Fsp3) is 0.328. The van der Waals surface area contributed by atoms with Gasteiger partial charge in [0.25, 0.3) is 11.8 Å². The Hall–Kier alpha value is -7.33. The number of pyridine rings is 1. The fourth-order valence-corrected chi connectivity index (χ4v) is 11.0. The van der Waals surface area contributed by atoms with Gasteiger partial charge in [-0.3, -0.25) is 34.4 Å². The minimum Gasteiger partial charge on any atom is -0.332 e. The second kappa shape index (κ2) is 19.9. The summed E-state index contributed by atoms with van der Waals surface area (Å²) in [5.41, 5.74) is 10.5. The van der Waals surface area contributed by atoms with Gasteiger partial charge in [-0.15, -0.1) is 0 Å². The zero-order valence-corrected chi connectivity index (χ0v) is 39.4. The highest BCUT2D eigenvalue weighted by Gasteiger charge is 2.40. The Morgan fingerprint density at radius 1 is 0.757 bits per heavy atom. The van der Waals surface area contributed by atoms with Crippen LogP contribution < -0.4 is 5.32 Å². The molecule has 0 radical (unpaired) electrons. The molecule has 4 aromatic carbocycles. The van der Waals surface area contributed by atoms with Gasteiger partial charge < -0.3 is 14.7 Å². The highest BCUT2D eigenvalue weighted by atomic mass is 16.2. The van der Waals surface area contributed by atoms with Crippen LogP contribution in [0.4, 0.5) is 0 Å². The summed E-state index contributed by atoms with van der Waals surface area (Å²) in [6, 6.07) is 32.2. The molecule has 1 N–H and O–H groups in total. The van der Waals surface area contributed by atoms with Gasteiger partial charge in [0.15, 0.2) is 5.82 Å². The maximum absolute atomic E-state index is 13.6. The Morgan fingerprint density at radius 3 is 2.31 bits per heavy atom. The number of hydrogen-bond donors (Lipinski definition) is 1. The Balaban J connectivity index is 0.609. The molecule has 12 nitrogen and oxygen atoms in total. The van der Waals surface area contributed by atoms with Crippen LogP contribution in [0.25, 0.3) is 34.4 Å². The number of amides is 4. The van der Waals surface area contributed by atoms with Crippen molar-refractivity contribution in [2.75, 3.05) is 39.3 Å². The van der Waals surface area contributed by atoms with Crippen molar-refractivity contribution >= 4 is 46.7 Å². The first-order valence-electron chi connectivity index (χ1n) is 24.9. The Morgan fingerprint density at radius 2 is 1.53 bits per heavy atom. The molecule has 12 heteroatoms. The summed E-state index contributed by atoms with van der Waals surface area (Å²) >= 11 is 0. The summed E-state index contributed by atoms with van der Waals surface area (Å²) in [4.78, 5) is 74.0. The lowest BCUT2D eigenvalue weighted by atomic mass is 9.86. The molecule has 0 saturated carbocycles. The molecular weight excluding hydrogens is 873 g/mol. The molecule has 11 rings (SSSR count). The average molecular weight is 929 g/mol. The van der Waals surface area contributed by atoms with Crippen molar-refractivity contribution in [2.24, 2.45) is 5.92 Å². The molecule has 1 atom stereocenters. The summed E-state index contributed by atoms with van der Waals surface area (Å²) in [5, 5.41) is 3.45. The van der Waals surface area contributed by atoms with Crippen LogP contribution in [0.3, 0.4) is 0 Å². The van der Waals surface area contributed by atoms with Crippen molar-refractivity contribution in [2.45, 2.75) is 76.5 Å². The quantitative estimate of drug-likeness (QED) is 0.0886. The predicted molar refractivity (Wildman–Crippen MR) is 270 cm³/mol. The second-order valence-corrected chi connectivity index (χ2v) is 19.5. The minimum absolute atomic E-state index is 0.00303. The molecule has 4 amide bonds. The molecule has 5 aliphatic heterocycles. The first-order chi connectivity index (χ1) is 34.3. The normalized spacial score (nSPS) is 19.3. The van der Waals surface area contributed by atoms with Crippen LogP contribution in [-0.2, 0) is 35.5 Å². The van der Waals surface area contributed by atoms with Crippen molar-refractivity contribution < 1.29 is 19.2 Å². The summed E-state index contributed by atoms with van der Waals surface area (Å²) in [7, 11) is 0. The standard InChI is InChI=1S/C58H56N8O4/c67-54-21-20-53(56(68)62-54)66-37-50-44(7-3-8-49(50)58(66)70)33-42-22-30-64(31-23-42)48-25-28-63(29-26-48)27-4-5-39-10-12-40(13-11-39)14-15-41-16-18-43(19-17-41)57(69)65-32-24-46-35-60-55(61-52(46)38-65)47-34-45-6-1-2-9-51(45)59-36-47/h1-3,6-19,34-36,42,48,53H,20-33,37-38H2,(H,62,67,68)/b15-14+. The van der Waals surface area contributed by atoms with E-state index < -0.39 is 6.04 Å². The summed E-state index contributed by atoms with van der Waals surface area (Å²) in [6.45, 7) is 6.59. The number of aromatic nitrogens is 3. The van der Waals surface area contributed by atoms with Crippen molar-refractivity contribution in [1.82, 2.24) is 39.9 Å². The number of fused-ring (bicyclic) bond motifs is 3. The van der Waals surface area contributed by atoms with Crippen LogP contribution in [0.5, 0.6) is 0 Å². The molecule has 0 aliphatic carbocycles. The number of nitrogens with one attached hydrogen (secondary N) is 1. The number of para-hydroxylation sites is 1. The van der Waals surface area contributed by atoms with Gasteiger partial charge in [0.05, 0.1) is 24.3 Å². The molecule has 70 heavy (non-hydrogen) atoms. The van der Waals surface area contributed by atoms with E-state index in [2.05, 4.69) is 85.5 Å². The minimum atomic E-state index is -0.584. The first kappa shape index (κ1) is 45.1. The van der Waals surface area contributed by atoms with Crippen molar-refractivity contribution in [1.29, 1.82) is 0 Å². The molecule has 3 saturated heterocycles. The third kappa shape index (κ3) is 9.77. The number of carbonyl (C=O) groups excluding carboxylic acids is 4. The van der Waals surface area contributed by atoms with Gasteiger partial charge in [0.1, 0.15) is 6.04 Å². The number of hydrogen-bond acceptors (Lipinski definition) is 9. The van der Waals surface area contributed by atoms with E-state index in [1.54, 1.807) is 4.90 Å². The zero-order chi connectivity index (χ0) is 47.6. The number of likely N-dealkylation sites (tertiary alicyclic amines) is 2. The molecule has 3 fully saturated rings. The van der Waals surface area contributed by atoms with Crippen LogP contribution in [0.1, 0.15) is 98.3 Å². The lowest BCUT2D eigenvalue weighted by Gasteiger charge is -2.41. The Labute approximate surface area is 408 Å². The lowest BCUT2D eigenvalue weighted by molar-refractivity contribution is -0.136. The maximum atomic E-state index is 13.6. The van der Waals surface area contributed by atoms with Crippen LogP contribution in [-0.4, -0.2) is 110 Å². The zero-order valence-electron chi connectivity index (χ0n) is 39.4. The molecule has 0 bridgehead atoms. The van der Waals surface area contributed by atoms with E-state index >= 15 is 0 Å².